The van der Waals surface area contributed by atoms with Gasteiger partial charge in [0.25, 0.3) is 0 Å². The Labute approximate surface area is 131 Å². The van der Waals surface area contributed by atoms with Gasteiger partial charge in [-0.15, -0.1) is 0 Å². The lowest BCUT2D eigenvalue weighted by Gasteiger charge is -2.26. The van der Waals surface area contributed by atoms with Crippen molar-refractivity contribution in [2.45, 2.75) is 18.3 Å². The molecule has 0 saturated carbocycles. The van der Waals surface area contributed by atoms with Crippen LogP contribution in [0.1, 0.15) is 12.8 Å². The Morgan fingerprint density at radius 2 is 2.00 bits per heavy atom. The first-order valence-corrected chi connectivity index (χ1v) is 8.22. The fourth-order valence-electron chi connectivity index (χ4n) is 2.08. The first kappa shape index (κ1) is 16.0. The predicted molar refractivity (Wildman–Crippen MR) is 93.0 cm³/mol. The average molecular weight is 307 g/mol. The van der Waals surface area contributed by atoms with E-state index in [-0.39, 0.29) is 5.50 Å². The van der Waals surface area contributed by atoms with Crippen LogP contribution in [-0.4, -0.2) is 37.6 Å². The van der Waals surface area contributed by atoms with Gasteiger partial charge in [0.15, 0.2) is 0 Å². The zero-order valence-electron chi connectivity index (χ0n) is 12.7. The summed E-state index contributed by atoms with van der Waals surface area (Å²) in [6.07, 6.45) is 4.33. The van der Waals surface area contributed by atoms with E-state index in [1.807, 2.05) is 14.1 Å². The summed E-state index contributed by atoms with van der Waals surface area (Å²) in [7, 11) is 4.08. The molecule has 1 unspecified atom stereocenters. The van der Waals surface area contributed by atoms with Gasteiger partial charge >= 0.3 is 0 Å². The first-order chi connectivity index (χ1) is 10.2. The van der Waals surface area contributed by atoms with Crippen molar-refractivity contribution in [2.24, 2.45) is 5.73 Å². The third-order valence-electron chi connectivity index (χ3n) is 3.36. The molecule has 1 aromatic rings. The summed E-state index contributed by atoms with van der Waals surface area (Å²) in [6, 6.07) is 8.36. The van der Waals surface area contributed by atoms with Gasteiger partial charge in [-0.1, -0.05) is 11.8 Å². The third kappa shape index (κ3) is 4.84. The zero-order chi connectivity index (χ0) is 15.1. The zero-order valence-corrected chi connectivity index (χ0v) is 13.6. The normalized spacial score (nSPS) is 17.3. The van der Waals surface area contributed by atoms with E-state index in [1.165, 1.54) is 5.69 Å². The smallest absolute Gasteiger partial charge is 0.148 e. The van der Waals surface area contributed by atoms with Gasteiger partial charge in [0.05, 0.1) is 0 Å². The molecule has 0 spiro atoms. The summed E-state index contributed by atoms with van der Waals surface area (Å²) >= 11 is 1.77. The molecule has 21 heavy (non-hydrogen) atoms. The monoisotopic (exact) mass is 307 g/mol. The highest BCUT2D eigenvalue weighted by atomic mass is 32.2. The third-order valence-corrected chi connectivity index (χ3v) is 4.28. The Kier molecular flexibility index (Phi) is 6.22. The number of hydrogen-bond acceptors (Lipinski definition) is 6. The molecule has 1 aliphatic heterocycles. The average Bonchev–Trinajstić information content (AvgIpc) is 2.93. The number of nitrogens with one attached hydrogen (secondary N) is 2. The lowest BCUT2D eigenvalue weighted by Crippen LogP contribution is -2.41. The van der Waals surface area contributed by atoms with Gasteiger partial charge in [0, 0.05) is 38.2 Å². The summed E-state index contributed by atoms with van der Waals surface area (Å²) in [5.74, 6) is 0. The van der Waals surface area contributed by atoms with Crippen molar-refractivity contribution < 1.29 is 0 Å². The molecular formula is C15H25N5S. The minimum atomic E-state index is 0.233. The lowest BCUT2D eigenvalue weighted by molar-refractivity contribution is 0.325. The minimum Gasteiger partial charge on any atom is -0.378 e. The molecule has 0 bridgehead atoms. The molecule has 1 atom stereocenters. The number of anilines is 2. The Hall–Kier alpha value is -1.37. The second-order valence-corrected chi connectivity index (χ2v) is 6.21. The fourth-order valence-corrected chi connectivity index (χ4v) is 2.91. The second kappa shape index (κ2) is 8.17. The van der Waals surface area contributed by atoms with E-state index in [0.29, 0.717) is 0 Å². The Morgan fingerprint density at radius 1 is 1.24 bits per heavy atom. The first-order valence-electron chi connectivity index (χ1n) is 7.27. The molecule has 0 radical (unpaired) electrons. The van der Waals surface area contributed by atoms with Gasteiger partial charge in [-0.25, -0.2) is 5.43 Å². The van der Waals surface area contributed by atoms with E-state index < -0.39 is 0 Å². The van der Waals surface area contributed by atoms with Crippen LogP contribution in [0.5, 0.6) is 0 Å². The van der Waals surface area contributed by atoms with Crippen LogP contribution in [0.15, 0.2) is 35.9 Å². The van der Waals surface area contributed by atoms with E-state index in [4.69, 9.17) is 5.73 Å². The van der Waals surface area contributed by atoms with E-state index in [1.54, 1.807) is 11.8 Å². The molecule has 0 amide bonds. The van der Waals surface area contributed by atoms with Crippen LogP contribution in [0.3, 0.4) is 0 Å². The molecule has 1 aromatic carbocycles. The van der Waals surface area contributed by atoms with Crippen molar-refractivity contribution in [2.75, 3.05) is 37.5 Å². The summed E-state index contributed by atoms with van der Waals surface area (Å²) in [4.78, 5) is 4.38. The summed E-state index contributed by atoms with van der Waals surface area (Å²) in [5.41, 5.74) is 14.7. The predicted octanol–water partition coefficient (Wildman–Crippen LogP) is 2.21. The highest BCUT2D eigenvalue weighted by molar-refractivity contribution is 8.02. The van der Waals surface area contributed by atoms with Gasteiger partial charge < -0.3 is 21.0 Å². The van der Waals surface area contributed by atoms with Crippen LogP contribution in [0.25, 0.3) is 0 Å². The molecule has 2 rings (SSSR count). The van der Waals surface area contributed by atoms with Crippen LogP contribution in [0.2, 0.25) is 0 Å². The number of thioether (sulfide) groups is 1. The summed E-state index contributed by atoms with van der Waals surface area (Å²) < 4.78 is 0. The molecule has 1 aliphatic rings. The standard InChI is InChI=1S/C15H25N5S/c1-19(2)14-7-5-13(6-8-14)17-18-15-20(11-12-21-15)10-4-3-9-16/h5-8,11-12,15,17-18H,3-4,9-10,16H2,1-2H3. The molecule has 1 heterocycles. The maximum atomic E-state index is 5.54. The fraction of sp³-hybridized carbons (Fsp3) is 0.467. The quantitative estimate of drug-likeness (QED) is 0.506. The van der Waals surface area contributed by atoms with Gasteiger partial charge in [-0.2, -0.15) is 0 Å². The second-order valence-electron chi connectivity index (χ2n) is 5.22. The van der Waals surface area contributed by atoms with Crippen LogP contribution in [-0.2, 0) is 0 Å². The van der Waals surface area contributed by atoms with E-state index >= 15 is 0 Å². The van der Waals surface area contributed by atoms with Crippen LogP contribution < -0.4 is 21.5 Å². The topological polar surface area (TPSA) is 56.6 Å². The van der Waals surface area contributed by atoms with Crippen LogP contribution >= 0.6 is 11.8 Å². The molecule has 0 saturated heterocycles. The van der Waals surface area contributed by atoms with Gasteiger partial charge in [0.2, 0.25) is 0 Å². The number of benzene rings is 1. The van der Waals surface area contributed by atoms with Crippen LogP contribution in [0, 0.1) is 0 Å². The van der Waals surface area contributed by atoms with Crippen LogP contribution in [0.4, 0.5) is 11.4 Å². The molecular weight excluding hydrogens is 282 g/mol. The van der Waals surface area contributed by atoms with Crippen molar-refractivity contribution >= 4 is 23.1 Å². The van der Waals surface area contributed by atoms with Gasteiger partial charge in [-0.05, 0) is 49.1 Å². The van der Waals surface area contributed by atoms with Gasteiger partial charge in [0.1, 0.15) is 5.50 Å². The van der Waals surface area contributed by atoms with E-state index in [0.717, 1.165) is 31.6 Å². The van der Waals surface area contributed by atoms with Crippen molar-refractivity contribution in [3.8, 4) is 0 Å². The number of nitrogens with zero attached hydrogens (tertiary/aromatic N) is 2. The summed E-state index contributed by atoms with van der Waals surface area (Å²) in [6.45, 7) is 1.79. The molecule has 0 aromatic heterocycles. The van der Waals surface area contributed by atoms with Crippen molar-refractivity contribution in [3.05, 3.63) is 35.9 Å². The largest absolute Gasteiger partial charge is 0.378 e. The van der Waals surface area contributed by atoms with E-state index in [2.05, 4.69) is 56.5 Å². The lowest BCUT2D eigenvalue weighted by atomic mass is 10.3. The van der Waals surface area contributed by atoms with Crippen molar-refractivity contribution in [1.29, 1.82) is 0 Å². The molecule has 116 valence electrons. The summed E-state index contributed by atoms with van der Waals surface area (Å²) in [5, 5.41) is 2.12. The Balaban J connectivity index is 1.79. The Bertz CT molecular complexity index is 446. The van der Waals surface area contributed by atoms with Gasteiger partial charge in [-0.3, -0.25) is 0 Å². The number of hydrazine groups is 1. The van der Waals surface area contributed by atoms with Crippen molar-refractivity contribution in [1.82, 2.24) is 10.3 Å². The molecule has 6 heteroatoms. The van der Waals surface area contributed by atoms with Crippen molar-refractivity contribution in [3.63, 3.8) is 0 Å². The maximum absolute atomic E-state index is 5.54. The number of hydrogen-bond donors (Lipinski definition) is 3. The number of unbranched alkanes of at least 4 members (excludes halogenated alkanes) is 1. The number of nitrogens with two attached hydrogens (primary N) is 1. The van der Waals surface area contributed by atoms with E-state index in [9.17, 15) is 0 Å². The highest BCUT2D eigenvalue weighted by Gasteiger charge is 2.18. The maximum Gasteiger partial charge on any atom is 0.148 e. The molecule has 4 N–H and O–H groups in total. The number of rotatable bonds is 8. The Morgan fingerprint density at radius 3 is 2.67 bits per heavy atom. The minimum absolute atomic E-state index is 0.233. The molecule has 0 aliphatic carbocycles. The highest BCUT2D eigenvalue weighted by Crippen LogP contribution is 2.23. The SMILES string of the molecule is CN(C)c1ccc(NNC2SC=CN2CCCCN)cc1. The molecule has 5 nitrogen and oxygen atoms in total. The molecule has 0 fully saturated rings.